The Balaban J connectivity index is 1.58. The third kappa shape index (κ3) is 5.13. The van der Waals surface area contributed by atoms with Crippen molar-refractivity contribution in [2.75, 3.05) is 6.61 Å². The first-order chi connectivity index (χ1) is 15.9. The van der Waals surface area contributed by atoms with Crippen molar-refractivity contribution in [3.8, 4) is 16.2 Å². The predicted molar refractivity (Wildman–Crippen MR) is 131 cm³/mol. The van der Waals surface area contributed by atoms with Gasteiger partial charge in [-0.15, -0.1) is 11.3 Å². The number of nitrogens with one attached hydrogen (secondary N) is 1. The van der Waals surface area contributed by atoms with Crippen LogP contribution in [0.1, 0.15) is 31.7 Å². The third-order valence-electron chi connectivity index (χ3n) is 5.51. The van der Waals surface area contributed by atoms with Gasteiger partial charge in [-0.3, -0.25) is 4.79 Å². The van der Waals surface area contributed by atoms with Gasteiger partial charge in [0.05, 0.1) is 5.60 Å². The Morgan fingerprint density at radius 2 is 1.85 bits per heavy atom. The molecule has 0 saturated heterocycles. The van der Waals surface area contributed by atoms with Gasteiger partial charge in [0.15, 0.2) is 0 Å². The van der Waals surface area contributed by atoms with E-state index >= 15 is 0 Å². The number of para-hydroxylation sites is 1. The van der Waals surface area contributed by atoms with Gasteiger partial charge in [0, 0.05) is 15.8 Å². The van der Waals surface area contributed by atoms with Gasteiger partial charge < -0.3 is 14.9 Å². The Hall–Kier alpha value is -2.43. The molecule has 3 N–H and O–H groups in total. The van der Waals surface area contributed by atoms with Crippen molar-refractivity contribution < 1.29 is 28.2 Å². The predicted octanol–water partition coefficient (Wildman–Crippen LogP) is 4.51. The first kappa shape index (κ1) is 24.7. The molecule has 1 saturated carbocycles. The summed E-state index contributed by atoms with van der Waals surface area (Å²) in [6.07, 6.45) is 0.0832. The van der Waals surface area contributed by atoms with Gasteiger partial charge in [0.1, 0.15) is 22.1 Å². The number of halogens is 1. The summed E-state index contributed by atoms with van der Waals surface area (Å²) in [5.74, 6) is -1.46. The van der Waals surface area contributed by atoms with Crippen molar-refractivity contribution in [2.45, 2.75) is 41.5 Å². The van der Waals surface area contributed by atoms with Crippen molar-refractivity contribution in [3.63, 3.8) is 0 Å². The van der Waals surface area contributed by atoms with E-state index in [4.69, 9.17) is 16.3 Å². The van der Waals surface area contributed by atoms with Gasteiger partial charge >= 0.3 is 5.97 Å². The summed E-state index contributed by atoms with van der Waals surface area (Å²) in [5.41, 5.74) is -1.38. The fraction of sp³-hybridized carbons (Fsp3) is 0.292. The van der Waals surface area contributed by atoms with Gasteiger partial charge in [-0.2, -0.15) is 4.72 Å². The van der Waals surface area contributed by atoms with E-state index in [-0.39, 0.29) is 17.2 Å². The van der Waals surface area contributed by atoms with Gasteiger partial charge in [-0.05, 0) is 61.7 Å². The van der Waals surface area contributed by atoms with E-state index in [2.05, 4.69) is 4.72 Å². The number of sulfonamides is 1. The molecule has 4 rings (SSSR count). The summed E-state index contributed by atoms with van der Waals surface area (Å²) in [5, 5.41) is 20.5. The Morgan fingerprint density at radius 1 is 1.18 bits per heavy atom. The van der Waals surface area contributed by atoms with E-state index in [1.807, 2.05) is 0 Å². The average Bonchev–Trinajstić information content (AvgIpc) is 3.25. The molecular weight excluding hydrogens is 498 g/mol. The minimum atomic E-state index is -4.10. The smallest absolute Gasteiger partial charge is 0.325 e. The standard InChI is InChI=1S/C24H24ClNO6S2/c1-23(2,29)14-32-19-6-4-3-5-17(19)18-13-24(18,22(27)28)26-34(30,31)21-12-11-20(33-21)15-7-9-16(25)10-8-15/h3-12,18,26,29H,13-14H2,1-2H3,(H,27,28)/t18-,24?/m0/s1. The monoisotopic (exact) mass is 521 g/mol. The molecule has 1 heterocycles. The number of ether oxygens (including phenoxy) is 1. The van der Waals surface area contributed by atoms with E-state index in [1.54, 1.807) is 68.4 Å². The van der Waals surface area contributed by atoms with E-state index in [0.29, 0.717) is 16.3 Å². The van der Waals surface area contributed by atoms with Crippen molar-refractivity contribution in [1.82, 2.24) is 4.72 Å². The maximum absolute atomic E-state index is 13.2. The van der Waals surface area contributed by atoms with Crippen LogP contribution in [0.15, 0.2) is 64.9 Å². The number of carboxylic acid groups (broad SMARTS) is 1. The summed E-state index contributed by atoms with van der Waals surface area (Å²) in [7, 11) is -4.10. The zero-order valence-corrected chi connectivity index (χ0v) is 20.9. The number of aliphatic hydroxyl groups is 1. The third-order valence-corrected chi connectivity index (χ3v) is 8.90. The molecule has 180 valence electrons. The number of carboxylic acids is 1. The minimum Gasteiger partial charge on any atom is -0.490 e. The van der Waals surface area contributed by atoms with E-state index in [0.717, 1.165) is 21.8 Å². The molecule has 7 nitrogen and oxygen atoms in total. The number of hydrogen-bond acceptors (Lipinski definition) is 6. The van der Waals surface area contributed by atoms with Crippen LogP contribution in [-0.4, -0.2) is 42.3 Å². The highest BCUT2D eigenvalue weighted by molar-refractivity contribution is 7.91. The lowest BCUT2D eigenvalue weighted by Crippen LogP contribution is -2.44. The first-order valence-corrected chi connectivity index (χ1v) is 13.2. The second-order valence-corrected chi connectivity index (χ2v) is 12.3. The highest BCUT2D eigenvalue weighted by Gasteiger charge is 2.64. The lowest BCUT2D eigenvalue weighted by molar-refractivity contribution is -0.140. The fourth-order valence-corrected chi connectivity index (χ4v) is 6.55. The van der Waals surface area contributed by atoms with Gasteiger partial charge in [-0.1, -0.05) is 41.9 Å². The molecule has 10 heteroatoms. The number of thiophene rings is 1. The Bertz CT molecular complexity index is 1310. The van der Waals surface area contributed by atoms with E-state index in [1.165, 1.54) is 6.07 Å². The molecule has 0 bridgehead atoms. The summed E-state index contributed by atoms with van der Waals surface area (Å²) >= 11 is 6.98. The Kier molecular flexibility index (Phi) is 6.52. The molecule has 1 fully saturated rings. The molecule has 0 amide bonds. The Labute approximate surface area is 207 Å². The molecule has 1 unspecified atom stereocenters. The summed E-state index contributed by atoms with van der Waals surface area (Å²) in [6, 6.07) is 17.0. The lowest BCUT2D eigenvalue weighted by atomic mass is 10.1. The molecule has 34 heavy (non-hydrogen) atoms. The van der Waals surface area contributed by atoms with E-state index in [9.17, 15) is 23.4 Å². The second-order valence-electron chi connectivity index (χ2n) is 8.90. The van der Waals surface area contributed by atoms with Crippen molar-refractivity contribution in [2.24, 2.45) is 0 Å². The quantitative estimate of drug-likeness (QED) is 0.382. The second kappa shape index (κ2) is 8.98. The topological polar surface area (TPSA) is 113 Å². The van der Waals surface area contributed by atoms with Crippen LogP contribution in [0.5, 0.6) is 5.75 Å². The number of aliphatic carboxylic acids is 1. The first-order valence-electron chi connectivity index (χ1n) is 10.5. The van der Waals surface area contributed by atoms with Crippen molar-refractivity contribution in [1.29, 1.82) is 0 Å². The lowest BCUT2D eigenvalue weighted by Gasteiger charge is -2.20. The minimum absolute atomic E-state index is 0.00516. The molecule has 3 aromatic rings. The van der Waals surface area contributed by atoms with Crippen LogP contribution in [-0.2, 0) is 14.8 Å². The van der Waals surface area contributed by atoms with Crippen LogP contribution in [0.2, 0.25) is 5.02 Å². The zero-order valence-electron chi connectivity index (χ0n) is 18.5. The zero-order chi connectivity index (χ0) is 24.7. The van der Waals surface area contributed by atoms with Crippen LogP contribution in [0.3, 0.4) is 0 Å². The maximum atomic E-state index is 13.2. The molecule has 2 aromatic carbocycles. The van der Waals surface area contributed by atoms with Gasteiger partial charge in [-0.25, -0.2) is 8.42 Å². The number of carbonyl (C=O) groups is 1. The summed E-state index contributed by atoms with van der Waals surface area (Å²) < 4.78 is 34.5. The SMILES string of the molecule is CC(C)(O)COc1ccccc1[C@@H]1CC1(NS(=O)(=O)c1ccc(-c2ccc(Cl)cc2)s1)C(=O)O. The highest BCUT2D eigenvalue weighted by atomic mass is 35.5. The number of benzene rings is 2. The Morgan fingerprint density at radius 3 is 2.50 bits per heavy atom. The fourth-order valence-electron chi connectivity index (χ4n) is 3.71. The molecule has 0 radical (unpaired) electrons. The normalized spacial score (nSPS) is 20.2. The molecule has 2 atom stereocenters. The van der Waals surface area contributed by atoms with Gasteiger partial charge in [0.2, 0.25) is 0 Å². The molecule has 1 aliphatic rings. The number of hydrogen-bond donors (Lipinski definition) is 3. The van der Waals surface area contributed by atoms with Crippen molar-refractivity contribution >= 4 is 38.9 Å². The van der Waals surface area contributed by atoms with Crippen LogP contribution >= 0.6 is 22.9 Å². The summed E-state index contributed by atoms with van der Waals surface area (Å²) in [4.78, 5) is 13.0. The van der Waals surface area contributed by atoms with Crippen LogP contribution < -0.4 is 9.46 Å². The van der Waals surface area contributed by atoms with E-state index < -0.39 is 33.1 Å². The van der Waals surface area contributed by atoms with Crippen LogP contribution in [0, 0.1) is 0 Å². The average molecular weight is 522 g/mol. The number of rotatable bonds is 9. The molecule has 0 aliphatic heterocycles. The van der Waals surface area contributed by atoms with Crippen LogP contribution in [0.25, 0.3) is 10.4 Å². The molecular formula is C24H24ClNO6S2. The highest BCUT2D eigenvalue weighted by Crippen LogP contribution is 2.55. The van der Waals surface area contributed by atoms with Gasteiger partial charge in [0.25, 0.3) is 10.0 Å². The van der Waals surface area contributed by atoms with Crippen LogP contribution in [0.4, 0.5) is 0 Å². The summed E-state index contributed by atoms with van der Waals surface area (Å²) in [6.45, 7) is 3.20. The largest absolute Gasteiger partial charge is 0.490 e. The molecule has 0 spiro atoms. The van der Waals surface area contributed by atoms with Crippen molar-refractivity contribution in [3.05, 3.63) is 71.2 Å². The molecule has 1 aliphatic carbocycles. The molecule has 1 aromatic heterocycles. The maximum Gasteiger partial charge on any atom is 0.325 e.